The Morgan fingerprint density at radius 2 is 1.80 bits per heavy atom. The maximum atomic E-state index is 5.19. The first kappa shape index (κ1) is 12.2. The number of benzene rings is 1. The summed E-state index contributed by atoms with van der Waals surface area (Å²) in [6, 6.07) is 9.01. The molecule has 0 saturated carbocycles. The van der Waals surface area contributed by atoms with Crippen LogP contribution in [-0.2, 0) is 4.74 Å². The molecule has 0 bridgehead atoms. The zero-order chi connectivity index (χ0) is 11.3. The first-order valence-electron chi connectivity index (χ1n) is 5.46. The van der Waals surface area contributed by atoms with Gasteiger partial charge in [0, 0.05) is 19.7 Å². The van der Waals surface area contributed by atoms with Crippen LogP contribution >= 0.6 is 0 Å². The topological polar surface area (TPSA) is 21.3 Å². The summed E-state index contributed by atoms with van der Waals surface area (Å²) < 4.78 is 5.19. The fourth-order valence-electron chi connectivity index (χ4n) is 1.40. The molecule has 1 rings (SSSR count). The van der Waals surface area contributed by atoms with Gasteiger partial charge in [-0.05, 0) is 26.3 Å². The van der Waals surface area contributed by atoms with Crippen molar-refractivity contribution in [2.75, 3.05) is 13.7 Å². The van der Waals surface area contributed by atoms with E-state index in [0.29, 0.717) is 6.04 Å². The summed E-state index contributed by atoms with van der Waals surface area (Å²) in [7, 11) is 1.74. The van der Waals surface area contributed by atoms with Crippen LogP contribution in [0.4, 0.5) is 0 Å². The van der Waals surface area contributed by atoms with Gasteiger partial charge in [0.05, 0.1) is 6.10 Å². The van der Waals surface area contributed by atoms with Crippen LogP contribution in [0.1, 0.15) is 31.0 Å². The van der Waals surface area contributed by atoms with E-state index in [1.54, 1.807) is 7.11 Å². The Labute approximate surface area is 92.6 Å². The number of hydrogen-bond acceptors (Lipinski definition) is 2. The van der Waals surface area contributed by atoms with Crippen LogP contribution in [0.25, 0.3) is 0 Å². The second-order valence-corrected chi connectivity index (χ2v) is 4.09. The van der Waals surface area contributed by atoms with Crippen molar-refractivity contribution in [2.45, 2.75) is 32.9 Å². The Morgan fingerprint density at radius 3 is 2.33 bits per heavy atom. The predicted molar refractivity (Wildman–Crippen MR) is 64.1 cm³/mol. The number of ether oxygens (including phenoxy) is 1. The van der Waals surface area contributed by atoms with Gasteiger partial charge in [0.1, 0.15) is 0 Å². The summed E-state index contributed by atoms with van der Waals surface area (Å²) in [5.41, 5.74) is 2.63. The molecule has 15 heavy (non-hydrogen) atoms. The van der Waals surface area contributed by atoms with Gasteiger partial charge in [-0.2, -0.15) is 0 Å². The van der Waals surface area contributed by atoms with Gasteiger partial charge in [-0.1, -0.05) is 29.8 Å². The zero-order valence-electron chi connectivity index (χ0n) is 10.1. The van der Waals surface area contributed by atoms with E-state index in [1.807, 2.05) is 0 Å². The lowest BCUT2D eigenvalue weighted by Gasteiger charge is -2.17. The molecule has 0 aromatic heterocycles. The molecule has 0 saturated heterocycles. The van der Waals surface area contributed by atoms with Crippen LogP contribution in [0.15, 0.2) is 24.3 Å². The number of rotatable bonds is 5. The smallest absolute Gasteiger partial charge is 0.0667 e. The fourth-order valence-corrected chi connectivity index (χ4v) is 1.40. The third-order valence-corrected chi connectivity index (χ3v) is 2.69. The maximum Gasteiger partial charge on any atom is 0.0667 e. The SMILES string of the molecule is COC(C)CN[C@@H](C)c1ccc(C)cc1. The van der Waals surface area contributed by atoms with E-state index in [4.69, 9.17) is 4.74 Å². The van der Waals surface area contributed by atoms with Gasteiger partial charge in [0.15, 0.2) is 0 Å². The maximum absolute atomic E-state index is 5.19. The molecule has 2 heteroatoms. The lowest BCUT2D eigenvalue weighted by atomic mass is 10.1. The molecule has 2 atom stereocenters. The molecule has 0 aliphatic carbocycles. The molecular formula is C13H21NO. The van der Waals surface area contributed by atoms with Gasteiger partial charge in [0.2, 0.25) is 0 Å². The van der Waals surface area contributed by atoms with Crippen molar-refractivity contribution in [1.29, 1.82) is 0 Å². The first-order valence-corrected chi connectivity index (χ1v) is 5.46. The van der Waals surface area contributed by atoms with E-state index in [-0.39, 0.29) is 6.10 Å². The van der Waals surface area contributed by atoms with E-state index < -0.39 is 0 Å². The van der Waals surface area contributed by atoms with Gasteiger partial charge in [-0.3, -0.25) is 0 Å². The van der Waals surface area contributed by atoms with Gasteiger partial charge >= 0.3 is 0 Å². The first-order chi connectivity index (χ1) is 7.13. The highest BCUT2D eigenvalue weighted by molar-refractivity contribution is 5.23. The Kier molecular flexibility index (Phi) is 4.79. The molecule has 1 unspecified atom stereocenters. The lowest BCUT2D eigenvalue weighted by Crippen LogP contribution is -2.28. The Bertz CT molecular complexity index is 281. The molecule has 1 aromatic carbocycles. The second kappa shape index (κ2) is 5.89. The van der Waals surface area contributed by atoms with E-state index in [2.05, 4.69) is 50.4 Å². The third-order valence-electron chi connectivity index (χ3n) is 2.69. The Balaban J connectivity index is 2.46. The minimum atomic E-state index is 0.262. The Morgan fingerprint density at radius 1 is 1.20 bits per heavy atom. The lowest BCUT2D eigenvalue weighted by molar-refractivity contribution is 0.115. The fraction of sp³-hybridized carbons (Fsp3) is 0.538. The molecule has 1 N–H and O–H groups in total. The van der Waals surface area contributed by atoms with Crippen LogP contribution in [0.2, 0.25) is 0 Å². The molecule has 0 aliphatic rings. The number of nitrogens with one attached hydrogen (secondary N) is 1. The minimum Gasteiger partial charge on any atom is -0.380 e. The van der Waals surface area contributed by atoms with Crippen LogP contribution in [0.3, 0.4) is 0 Å². The molecule has 0 amide bonds. The van der Waals surface area contributed by atoms with Crippen molar-refractivity contribution in [3.8, 4) is 0 Å². The summed E-state index contributed by atoms with van der Waals surface area (Å²) in [6.45, 7) is 7.22. The van der Waals surface area contributed by atoms with Crippen LogP contribution in [-0.4, -0.2) is 19.8 Å². The number of methoxy groups -OCH3 is 1. The largest absolute Gasteiger partial charge is 0.380 e. The second-order valence-electron chi connectivity index (χ2n) is 4.09. The Hall–Kier alpha value is -0.860. The van der Waals surface area contributed by atoms with Gasteiger partial charge in [0.25, 0.3) is 0 Å². The highest BCUT2D eigenvalue weighted by Gasteiger charge is 2.06. The summed E-state index contributed by atoms with van der Waals surface area (Å²) in [6.07, 6.45) is 0.262. The highest BCUT2D eigenvalue weighted by Crippen LogP contribution is 2.12. The third kappa shape index (κ3) is 4.02. The molecule has 1 aromatic rings. The molecular weight excluding hydrogens is 186 g/mol. The number of hydrogen-bond donors (Lipinski definition) is 1. The van der Waals surface area contributed by atoms with Crippen molar-refractivity contribution < 1.29 is 4.74 Å². The van der Waals surface area contributed by atoms with Crippen molar-refractivity contribution >= 4 is 0 Å². The summed E-state index contributed by atoms with van der Waals surface area (Å²) in [5.74, 6) is 0. The highest BCUT2D eigenvalue weighted by atomic mass is 16.5. The van der Waals surface area contributed by atoms with Gasteiger partial charge in [-0.15, -0.1) is 0 Å². The molecule has 0 aliphatic heterocycles. The zero-order valence-corrected chi connectivity index (χ0v) is 10.1. The molecule has 84 valence electrons. The average molecular weight is 207 g/mol. The van der Waals surface area contributed by atoms with Crippen LogP contribution in [0.5, 0.6) is 0 Å². The van der Waals surface area contributed by atoms with E-state index in [1.165, 1.54) is 11.1 Å². The van der Waals surface area contributed by atoms with E-state index in [9.17, 15) is 0 Å². The van der Waals surface area contributed by atoms with Crippen molar-refractivity contribution in [2.24, 2.45) is 0 Å². The van der Waals surface area contributed by atoms with Crippen molar-refractivity contribution in [1.82, 2.24) is 5.32 Å². The summed E-state index contributed by atoms with van der Waals surface area (Å²) in [5, 5.41) is 3.44. The average Bonchev–Trinajstić information content (AvgIpc) is 2.26. The molecule has 2 nitrogen and oxygen atoms in total. The van der Waals surface area contributed by atoms with Crippen molar-refractivity contribution in [3.05, 3.63) is 35.4 Å². The standard InChI is InChI=1S/C13H21NO/c1-10-5-7-13(8-6-10)12(3)14-9-11(2)15-4/h5-8,11-12,14H,9H2,1-4H3/t11?,12-/m0/s1. The van der Waals surface area contributed by atoms with Gasteiger partial charge in [-0.25, -0.2) is 0 Å². The van der Waals surface area contributed by atoms with E-state index >= 15 is 0 Å². The summed E-state index contributed by atoms with van der Waals surface area (Å²) >= 11 is 0. The minimum absolute atomic E-state index is 0.262. The molecule has 0 radical (unpaired) electrons. The van der Waals surface area contributed by atoms with Crippen LogP contribution in [0, 0.1) is 6.92 Å². The van der Waals surface area contributed by atoms with E-state index in [0.717, 1.165) is 6.54 Å². The summed E-state index contributed by atoms with van der Waals surface area (Å²) in [4.78, 5) is 0. The van der Waals surface area contributed by atoms with Gasteiger partial charge < -0.3 is 10.1 Å². The van der Waals surface area contributed by atoms with Crippen LogP contribution < -0.4 is 5.32 Å². The predicted octanol–water partition coefficient (Wildman–Crippen LogP) is 2.68. The molecule has 0 fully saturated rings. The van der Waals surface area contributed by atoms with Crippen molar-refractivity contribution in [3.63, 3.8) is 0 Å². The quantitative estimate of drug-likeness (QED) is 0.801. The number of aryl methyl sites for hydroxylation is 1. The monoisotopic (exact) mass is 207 g/mol. The normalized spacial score (nSPS) is 14.9. The molecule has 0 heterocycles. The molecule has 0 spiro atoms.